The van der Waals surface area contributed by atoms with Crippen molar-refractivity contribution in [2.24, 2.45) is 11.3 Å². The first kappa shape index (κ1) is 15.6. The third kappa shape index (κ3) is 3.58. The van der Waals surface area contributed by atoms with Crippen LogP contribution in [0.1, 0.15) is 54.9 Å². The molecule has 0 aliphatic rings. The zero-order valence-corrected chi connectivity index (χ0v) is 12.1. The third-order valence-electron chi connectivity index (χ3n) is 3.66. The Hall–Kier alpha value is -0.370. The lowest BCUT2D eigenvalue weighted by Crippen LogP contribution is -2.49. The quantitative estimate of drug-likeness (QED) is 0.664. The summed E-state index contributed by atoms with van der Waals surface area (Å²) in [5.41, 5.74) is -0.197. The van der Waals surface area contributed by atoms with Gasteiger partial charge < -0.3 is 0 Å². The van der Waals surface area contributed by atoms with Gasteiger partial charge in [0.15, 0.2) is 5.78 Å². The van der Waals surface area contributed by atoms with Crippen molar-refractivity contribution in [2.45, 2.75) is 60.9 Å². The molecule has 0 fully saturated rings. The summed E-state index contributed by atoms with van der Waals surface area (Å²) in [6.45, 7) is 16.7. The van der Waals surface area contributed by atoms with E-state index in [1.807, 2.05) is 0 Å². The van der Waals surface area contributed by atoms with E-state index in [9.17, 15) is 4.79 Å². The highest BCUT2D eigenvalue weighted by Crippen LogP contribution is 2.27. The van der Waals surface area contributed by atoms with E-state index >= 15 is 0 Å². The van der Waals surface area contributed by atoms with Crippen molar-refractivity contribution in [3.05, 3.63) is 0 Å². The van der Waals surface area contributed by atoms with E-state index in [-0.39, 0.29) is 11.5 Å². The number of carbonyl (C=O) groups is 1. The molecule has 1 atom stereocenters. The topological polar surface area (TPSA) is 20.3 Å². The molecule has 0 N–H and O–H groups in total. The number of carbonyl (C=O) groups excluding carboxylic acids is 1. The Morgan fingerprint density at radius 2 is 1.56 bits per heavy atom. The van der Waals surface area contributed by atoms with E-state index in [1.54, 1.807) is 0 Å². The van der Waals surface area contributed by atoms with Crippen molar-refractivity contribution in [1.82, 2.24) is 4.90 Å². The molecule has 0 aliphatic carbocycles. The summed E-state index contributed by atoms with van der Waals surface area (Å²) in [7, 11) is 0. The number of nitrogens with zero attached hydrogens (tertiary/aromatic N) is 1. The molecule has 0 rings (SSSR count). The fraction of sp³-hybridized carbons (Fsp3) is 0.929. The standard InChI is InChI=1S/C14H29NO/c1-8-14(6,7)13(16)12(11(4)5)15(9-2)10-3/h11-12H,8-10H2,1-7H3. The molecule has 96 valence electrons. The van der Waals surface area contributed by atoms with Gasteiger partial charge in [0.25, 0.3) is 0 Å². The average molecular weight is 227 g/mol. The van der Waals surface area contributed by atoms with Crippen LogP contribution in [0.15, 0.2) is 0 Å². The summed E-state index contributed by atoms with van der Waals surface area (Å²) in [6, 6.07) is 0.0740. The Labute approximate surface area is 101 Å². The highest BCUT2D eigenvalue weighted by Gasteiger charge is 2.36. The average Bonchev–Trinajstić information content (AvgIpc) is 2.24. The molecule has 0 saturated heterocycles. The Morgan fingerprint density at radius 3 is 1.81 bits per heavy atom. The lowest BCUT2D eigenvalue weighted by atomic mass is 9.78. The van der Waals surface area contributed by atoms with Gasteiger partial charge in [-0.3, -0.25) is 9.69 Å². The summed E-state index contributed by atoms with van der Waals surface area (Å²) in [5, 5.41) is 0. The van der Waals surface area contributed by atoms with Crippen molar-refractivity contribution in [3.8, 4) is 0 Å². The SMILES string of the molecule is CCN(CC)C(C(=O)C(C)(C)CC)C(C)C. The molecule has 0 radical (unpaired) electrons. The third-order valence-corrected chi connectivity index (χ3v) is 3.66. The molecule has 0 aromatic carbocycles. The van der Waals surface area contributed by atoms with Crippen LogP contribution in [0.5, 0.6) is 0 Å². The number of ketones is 1. The molecule has 0 spiro atoms. The first-order valence-electron chi connectivity index (χ1n) is 6.60. The van der Waals surface area contributed by atoms with Crippen LogP contribution in [0.2, 0.25) is 0 Å². The predicted molar refractivity (Wildman–Crippen MR) is 70.6 cm³/mol. The molecule has 0 bridgehead atoms. The molecule has 1 unspecified atom stereocenters. The normalized spacial score (nSPS) is 14.6. The molecule has 0 amide bonds. The molecule has 0 aromatic rings. The summed E-state index contributed by atoms with van der Waals surface area (Å²) in [5.74, 6) is 0.784. The smallest absolute Gasteiger partial charge is 0.155 e. The van der Waals surface area contributed by atoms with E-state index in [2.05, 4.69) is 53.4 Å². The fourth-order valence-electron chi connectivity index (χ4n) is 2.08. The van der Waals surface area contributed by atoms with Crippen molar-refractivity contribution in [3.63, 3.8) is 0 Å². The number of Topliss-reactive ketones (excluding diaryl/α,β-unsaturated/α-hetero) is 1. The molecule has 0 aliphatic heterocycles. The van der Waals surface area contributed by atoms with Gasteiger partial charge >= 0.3 is 0 Å². The van der Waals surface area contributed by atoms with Gasteiger partial charge in [-0.15, -0.1) is 0 Å². The van der Waals surface area contributed by atoms with Gasteiger partial charge in [-0.2, -0.15) is 0 Å². The molecular formula is C14H29NO. The Kier molecular flexibility index (Phi) is 6.24. The van der Waals surface area contributed by atoms with E-state index < -0.39 is 0 Å². The van der Waals surface area contributed by atoms with Gasteiger partial charge in [0, 0.05) is 5.41 Å². The summed E-state index contributed by atoms with van der Waals surface area (Å²) in [6.07, 6.45) is 0.913. The van der Waals surface area contributed by atoms with Gasteiger partial charge in [-0.05, 0) is 25.4 Å². The number of likely N-dealkylation sites (N-methyl/N-ethyl adjacent to an activating group) is 1. The maximum absolute atomic E-state index is 12.6. The van der Waals surface area contributed by atoms with Crippen LogP contribution in [0.3, 0.4) is 0 Å². The number of hydrogen-bond acceptors (Lipinski definition) is 2. The van der Waals surface area contributed by atoms with Gasteiger partial charge in [0.05, 0.1) is 6.04 Å². The summed E-state index contributed by atoms with van der Waals surface area (Å²) < 4.78 is 0. The zero-order chi connectivity index (χ0) is 12.9. The van der Waals surface area contributed by atoms with Gasteiger partial charge in [0.1, 0.15) is 0 Å². The van der Waals surface area contributed by atoms with E-state index in [0.717, 1.165) is 19.5 Å². The minimum absolute atomic E-state index is 0.0740. The molecule has 0 aromatic heterocycles. The fourth-order valence-corrected chi connectivity index (χ4v) is 2.08. The lowest BCUT2D eigenvalue weighted by Gasteiger charge is -2.36. The Morgan fingerprint density at radius 1 is 1.12 bits per heavy atom. The Bertz CT molecular complexity index is 217. The van der Waals surface area contributed by atoms with Crippen LogP contribution in [-0.2, 0) is 4.79 Å². The van der Waals surface area contributed by atoms with Crippen LogP contribution >= 0.6 is 0 Å². The van der Waals surface area contributed by atoms with Crippen LogP contribution in [0, 0.1) is 11.3 Å². The molecule has 16 heavy (non-hydrogen) atoms. The van der Waals surface area contributed by atoms with Gasteiger partial charge in [-0.1, -0.05) is 48.5 Å². The van der Waals surface area contributed by atoms with Gasteiger partial charge in [-0.25, -0.2) is 0 Å². The maximum atomic E-state index is 12.6. The molecule has 2 nitrogen and oxygen atoms in total. The molecule has 2 heteroatoms. The van der Waals surface area contributed by atoms with E-state index in [0.29, 0.717) is 11.7 Å². The largest absolute Gasteiger partial charge is 0.297 e. The lowest BCUT2D eigenvalue weighted by molar-refractivity contribution is -0.134. The summed E-state index contributed by atoms with van der Waals surface area (Å²) >= 11 is 0. The zero-order valence-electron chi connectivity index (χ0n) is 12.1. The van der Waals surface area contributed by atoms with Crippen molar-refractivity contribution < 1.29 is 4.79 Å². The highest BCUT2D eigenvalue weighted by atomic mass is 16.1. The highest BCUT2D eigenvalue weighted by molar-refractivity contribution is 5.89. The Balaban J connectivity index is 4.99. The second-order valence-corrected chi connectivity index (χ2v) is 5.51. The van der Waals surface area contributed by atoms with Crippen molar-refractivity contribution >= 4 is 5.78 Å². The second kappa shape index (κ2) is 6.39. The first-order chi connectivity index (χ1) is 7.31. The predicted octanol–water partition coefficient (Wildman–Crippen LogP) is 3.36. The van der Waals surface area contributed by atoms with Crippen LogP contribution in [0.25, 0.3) is 0 Å². The summed E-state index contributed by atoms with van der Waals surface area (Å²) in [4.78, 5) is 14.8. The molecule has 0 heterocycles. The second-order valence-electron chi connectivity index (χ2n) is 5.51. The van der Waals surface area contributed by atoms with E-state index in [4.69, 9.17) is 0 Å². The molecular weight excluding hydrogens is 198 g/mol. The molecule has 0 saturated carbocycles. The monoisotopic (exact) mass is 227 g/mol. The number of rotatable bonds is 7. The minimum atomic E-state index is -0.197. The minimum Gasteiger partial charge on any atom is -0.297 e. The number of hydrogen-bond donors (Lipinski definition) is 0. The maximum Gasteiger partial charge on any atom is 0.155 e. The first-order valence-corrected chi connectivity index (χ1v) is 6.60. The van der Waals surface area contributed by atoms with Crippen molar-refractivity contribution in [2.75, 3.05) is 13.1 Å². The van der Waals surface area contributed by atoms with Crippen LogP contribution < -0.4 is 0 Å². The van der Waals surface area contributed by atoms with Crippen LogP contribution in [-0.4, -0.2) is 29.8 Å². The van der Waals surface area contributed by atoms with Crippen LogP contribution in [0.4, 0.5) is 0 Å². The van der Waals surface area contributed by atoms with Crippen molar-refractivity contribution in [1.29, 1.82) is 0 Å². The van der Waals surface area contributed by atoms with Gasteiger partial charge in [0.2, 0.25) is 0 Å². The van der Waals surface area contributed by atoms with E-state index in [1.165, 1.54) is 0 Å².